The zero-order valence-electron chi connectivity index (χ0n) is 20.2. The number of hydrogen-bond donors (Lipinski definition) is 0. The molecule has 6 aromatic rings. The van der Waals surface area contributed by atoms with Crippen LogP contribution in [-0.2, 0) is 5.41 Å². The summed E-state index contributed by atoms with van der Waals surface area (Å²) in [5, 5.41) is 5.27. The monoisotopic (exact) mass is 477 g/mol. The van der Waals surface area contributed by atoms with Gasteiger partial charge in [0.25, 0.3) is 0 Å². The molecule has 0 aliphatic heterocycles. The lowest BCUT2D eigenvalue weighted by Gasteiger charge is -2.22. The van der Waals surface area contributed by atoms with Crippen LogP contribution in [0.1, 0.15) is 36.8 Å². The molecule has 0 saturated heterocycles. The number of hydrogen-bond acceptors (Lipinski definition) is 3. The summed E-state index contributed by atoms with van der Waals surface area (Å²) in [6, 6.07) is 24.4. The number of aryl methyl sites for hydroxylation is 2. The molecule has 0 aliphatic carbocycles. The van der Waals surface area contributed by atoms with E-state index in [4.69, 9.17) is 4.98 Å². The van der Waals surface area contributed by atoms with Gasteiger partial charge in [-0.1, -0.05) is 63.2 Å². The largest absolute Gasteiger partial charge is 0.255 e. The molecule has 6 rings (SSSR count). The third kappa shape index (κ3) is 3.30. The van der Waals surface area contributed by atoms with Gasteiger partial charge in [0.05, 0.1) is 10.4 Å². The van der Waals surface area contributed by atoms with Gasteiger partial charge in [-0.25, -0.2) is 0 Å². The number of fused-ring (bicyclic) bond motifs is 3. The molecule has 0 fully saturated rings. The van der Waals surface area contributed by atoms with Crippen molar-refractivity contribution >= 4 is 53.6 Å². The molecule has 1 nitrogen and oxygen atoms in total. The van der Waals surface area contributed by atoms with E-state index < -0.39 is 0 Å². The molecule has 0 radical (unpaired) electrons. The lowest BCUT2D eigenvalue weighted by Crippen LogP contribution is -2.12. The lowest BCUT2D eigenvalue weighted by molar-refractivity contribution is 0.596. The fourth-order valence-electron chi connectivity index (χ4n) is 5.11. The third-order valence-corrected chi connectivity index (χ3v) is 9.21. The Hall–Kier alpha value is -3.01. The van der Waals surface area contributed by atoms with Crippen LogP contribution in [0.5, 0.6) is 0 Å². The van der Waals surface area contributed by atoms with Crippen molar-refractivity contribution in [1.29, 1.82) is 0 Å². The number of thiophene rings is 2. The molecule has 3 aromatic carbocycles. The van der Waals surface area contributed by atoms with E-state index in [1.54, 1.807) is 0 Å². The normalized spacial score (nSPS) is 12.3. The molecule has 34 heavy (non-hydrogen) atoms. The van der Waals surface area contributed by atoms with E-state index in [0.717, 1.165) is 5.69 Å². The second-order valence-electron chi connectivity index (χ2n) is 10.1. The summed E-state index contributed by atoms with van der Waals surface area (Å²) in [6.45, 7) is 11.4. The molecule has 3 aromatic heterocycles. The molecule has 0 bridgehead atoms. The first kappa shape index (κ1) is 21.5. The van der Waals surface area contributed by atoms with Crippen molar-refractivity contribution in [3.05, 3.63) is 88.9 Å². The Bertz CT molecular complexity index is 1710. The van der Waals surface area contributed by atoms with E-state index in [-0.39, 0.29) is 5.41 Å². The SMILES string of the molecule is Cc1sc2ccccc2c1-c1sc2c(-c3cc(C(C)(C)C)c4ccccc4c3)nccc2c1C. The van der Waals surface area contributed by atoms with E-state index in [0.29, 0.717) is 0 Å². The highest BCUT2D eigenvalue weighted by Gasteiger charge is 2.22. The van der Waals surface area contributed by atoms with Gasteiger partial charge in [0.2, 0.25) is 0 Å². The summed E-state index contributed by atoms with van der Waals surface area (Å²) in [6.07, 6.45) is 1.98. The second kappa shape index (κ2) is 7.76. The molecule has 0 aliphatic rings. The summed E-state index contributed by atoms with van der Waals surface area (Å²) in [4.78, 5) is 7.69. The van der Waals surface area contributed by atoms with E-state index in [1.165, 1.54) is 63.0 Å². The standard InChI is InChI=1S/C31H27NS2/c1-18-22-14-15-32-28(21-16-20-10-6-7-11-23(20)25(17-21)31(3,4)5)30(22)34-29(18)27-19(2)33-26-13-9-8-12-24(26)27/h6-17H,1-5H3. The van der Waals surface area contributed by atoms with Crippen LogP contribution in [0.4, 0.5) is 0 Å². The minimum Gasteiger partial charge on any atom is -0.255 e. The minimum absolute atomic E-state index is 0.0484. The van der Waals surface area contributed by atoms with Crippen LogP contribution in [-0.4, -0.2) is 4.98 Å². The van der Waals surface area contributed by atoms with Gasteiger partial charge < -0.3 is 0 Å². The predicted octanol–water partition coefficient (Wildman–Crippen LogP) is 9.91. The maximum absolute atomic E-state index is 4.94. The molecule has 3 heteroatoms. The fraction of sp³-hybridized carbons (Fsp3) is 0.194. The van der Waals surface area contributed by atoms with Crippen LogP contribution >= 0.6 is 22.7 Å². The van der Waals surface area contributed by atoms with Crippen molar-refractivity contribution in [3.8, 4) is 21.7 Å². The first-order valence-electron chi connectivity index (χ1n) is 11.7. The van der Waals surface area contributed by atoms with Crippen LogP contribution < -0.4 is 0 Å². The molecule has 0 spiro atoms. The third-order valence-electron chi connectivity index (χ3n) is 6.80. The minimum atomic E-state index is 0.0484. The Morgan fingerprint density at radius 1 is 0.765 bits per heavy atom. The highest BCUT2D eigenvalue weighted by molar-refractivity contribution is 7.24. The molecule has 3 heterocycles. The van der Waals surface area contributed by atoms with Gasteiger partial charge in [-0.2, -0.15) is 0 Å². The van der Waals surface area contributed by atoms with Crippen LogP contribution in [0.25, 0.3) is 52.6 Å². The first-order chi connectivity index (χ1) is 16.3. The number of rotatable bonds is 2. The Balaban J connectivity index is 1.64. The van der Waals surface area contributed by atoms with Gasteiger partial charge in [0.1, 0.15) is 0 Å². The number of benzene rings is 3. The van der Waals surface area contributed by atoms with E-state index in [1.807, 2.05) is 28.9 Å². The first-order valence-corrected chi connectivity index (χ1v) is 13.4. The average molecular weight is 478 g/mol. The van der Waals surface area contributed by atoms with Gasteiger partial charge >= 0.3 is 0 Å². The van der Waals surface area contributed by atoms with Crippen LogP contribution in [0, 0.1) is 13.8 Å². The second-order valence-corrected chi connectivity index (χ2v) is 12.4. The van der Waals surface area contributed by atoms with E-state index in [9.17, 15) is 0 Å². The van der Waals surface area contributed by atoms with Crippen LogP contribution in [0.15, 0.2) is 72.9 Å². The van der Waals surface area contributed by atoms with Crippen molar-refractivity contribution in [2.45, 2.75) is 40.0 Å². The molecule has 0 atom stereocenters. The Morgan fingerprint density at radius 3 is 2.29 bits per heavy atom. The van der Waals surface area contributed by atoms with Crippen molar-refractivity contribution < 1.29 is 0 Å². The highest BCUT2D eigenvalue weighted by Crippen LogP contribution is 2.47. The zero-order chi connectivity index (χ0) is 23.6. The Labute approximate surface area is 208 Å². The van der Waals surface area contributed by atoms with Gasteiger partial charge in [-0.05, 0) is 70.8 Å². The molecule has 168 valence electrons. The van der Waals surface area contributed by atoms with Crippen molar-refractivity contribution in [1.82, 2.24) is 4.98 Å². The maximum atomic E-state index is 4.94. The predicted molar refractivity (Wildman–Crippen MR) is 152 cm³/mol. The maximum Gasteiger partial charge on any atom is 0.0880 e. The van der Waals surface area contributed by atoms with Crippen LogP contribution in [0.3, 0.4) is 0 Å². The topological polar surface area (TPSA) is 12.9 Å². The molecular formula is C31H27NS2. The Morgan fingerprint density at radius 2 is 1.50 bits per heavy atom. The van der Waals surface area contributed by atoms with Crippen LogP contribution in [0.2, 0.25) is 0 Å². The number of pyridine rings is 1. The average Bonchev–Trinajstić information content (AvgIpc) is 3.33. The molecular weight excluding hydrogens is 450 g/mol. The van der Waals surface area contributed by atoms with Gasteiger partial charge in [0.15, 0.2) is 0 Å². The summed E-state index contributed by atoms with van der Waals surface area (Å²) < 4.78 is 2.63. The summed E-state index contributed by atoms with van der Waals surface area (Å²) >= 11 is 3.78. The number of nitrogens with zero attached hydrogens (tertiary/aromatic N) is 1. The van der Waals surface area contributed by atoms with Gasteiger partial charge in [-0.3, -0.25) is 4.98 Å². The summed E-state index contributed by atoms with van der Waals surface area (Å²) in [7, 11) is 0. The highest BCUT2D eigenvalue weighted by atomic mass is 32.1. The van der Waals surface area contributed by atoms with E-state index >= 15 is 0 Å². The smallest absolute Gasteiger partial charge is 0.0880 e. The molecule has 0 saturated carbocycles. The quantitative estimate of drug-likeness (QED) is 0.242. The van der Waals surface area contributed by atoms with E-state index in [2.05, 4.69) is 101 Å². The fourth-order valence-corrected chi connectivity index (χ4v) is 7.68. The number of aromatic nitrogens is 1. The molecule has 0 N–H and O–H groups in total. The molecule has 0 amide bonds. The van der Waals surface area contributed by atoms with Crippen molar-refractivity contribution in [2.24, 2.45) is 0 Å². The molecule has 0 unspecified atom stereocenters. The summed E-state index contributed by atoms with van der Waals surface area (Å²) in [5.41, 5.74) is 6.45. The summed E-state index contributed by atoms with van der Waals surface area (Å²) in [5.74, 6) is 0. The Kier molecular flexibility index (Phi) is 4.91. The van der Waals surface area contributed by atoms with Gasteiger partial charge in [0, 0.05) is 37.2 Å². The lowest BCUT2D eigenvalue weighted by atomic mass is 9.82. The zero-order valence-corrected chi connectivity index (χ0v) is 21.8. The van der Waals surface area contributed by atoms with Crippen molar-refractivity contribution in [3.63, 3.8) is 0 Å². The van der Waals surface area contributed by atoms with Gasteiger partial charge in [-0.15, -0.1) is 22.7 Å². The van der Waals surface area contributed by atoms with Crippen molar-refractivity contribution in [2.75, 3.05) is 0 Å².